The number of unbranched alkanes of at least 4 members (excludes halogenated alkanes) is 1. The molecule has 0 radical (unpaired) electrons. The van der Waals surface area contributed by atoms with Gasteiger partial charge in [-0.3, -0.25) is 0 Å². The van der Waals surface area contributed by atoms with Gasteiger partial charge >= 0.3 is 0 Å². The van der Waals surface area contributed by atoms with Gasteiger partial charge in [0.05, 0.1) is 6.07 Å². The van der Waals surface area contributed by atoms with Crippen LogP contribution < -0.4 is 0 Å². The van der Waals surface area contributed by atoms with Gasteiger partial charge in [0.25, 0.3) is 0 Å². The lowest BCUT2D eigenvalue weighted by Gasteiger charge is -1.89. The summed E-state index contributed by atoms with van der Waals surface area (Å²) >= 11 is 0. The molecule has 0 unspecified atom stereocenters. The monoisotopic (exact) mass is 215 g/mol. The van der Waals surface area contributed by atoms with E-state index in [-0.39, 0.29) is 0 Å². The summed E-state index contributed by atoms with van der Waals surface area (Å²) in [5.41, 5.74) is 0. The molecular formula is C10H9N5O. The average Bonchev–Trinajstić information content (AvgIpc) is 2.79. The zero-order valence-corrected chi connectivity index (χ0v) is 8.50. The summed E-state index contributed by atoms with van der Waals surface area (Å²) in [6.07, 6.45) is 5.04. The van der Waals surface area contributed by atoms with Crippen molar-refractivity contribution in [3.63, 3.8) is 0 Å². The summed E-state index contributed by atoms with van der Waals surface area (Å²) in [7, 11) is 0. The Balaban J connectivity index is 2.06. The van der Waals surface area contributed by atoms with Crippen LogP contribution in [-0.2, 0) is 6.42 Å². The summed E-state index contributed by atoms with van der Waals surface area (Å²) in [6.45, 7) is 0. The number of rotatable bonds is 4. The maximum Gasteiger partial charge on any atom is 0.240 e. The third-order valence-corrected chi connectivity index (χ3v) is 1.91. The van der Waals surface area contributed by atoms with Crippen LogP contribution in [0.3, 0.4) is 0 Å². The van der Waals surface area contributed by atoms with Gasteiger partial charge in [-0.2, -0.15) is 10.2 Å². The fourth-order valence-corrected chi connectivity index (χ4v) is 1.18. The molecule has 0 saturated heterocycles. The molecule has 6 heteroatoms. The lowest BCUT2D eigenvalue weighted by atomic mass is 10.2. The van der Waals surface area contributed by atoms with Gasteiger partial charge in [0.1, 0.15) is 0 Å². The van der Waals surface area contributed by atoms with E-state index in [4.69, 9.17) is 9.78 Å². The number of aromatic nitrogens is 4. The molecule has 0 fully saturated rings. The van der Waals surface area contributed by atoms with Crippen molar-refractivity contribution < 1.29 is 4.52 Å². The van der Waals surface area contributed by atoms with Crippen LogP contribution in [0.4, 0.5) is 0 Å². The summed E-state index contributed by atoms with van der Waals surface area (Å²) in [5, 5.41) is 12.2. The largest absolute Gasteiger partial charge is 0.339 e. The van der Waals surface area contributed by atoms with Gasteiger partial charge in [-0.15, -0.1) is 0 Å². The van der Waals surface area contributed by atoms with Crippen LogP contribution in [0.25, 0.3) is 11.6 Å². The van der Waals surface area contributed by atoms with Gasteiger partial charge < -0.3 is 4.52 Å². The van der Waals surface area contributed by atoms with E-state index in [1.54, 1.807) is 18.5 Å². The number of nitrogens with zero attached hydrogens (tertiary/aromatic N) is 5. The minimum atomic E-state index is 0.382. The zero-order chi connectivity index (χ0) is 11.2. The summed E-state index contributed by atoms with van der Waals surface area (Å²) in [4.78, 5) is 12.2. The zero-order valence-electron chi connectivity index (χ0n) is 8.50. The molecule has 0 N–H and O–H groups in total. The quantitative estimate of drug-likeness (QED) is 0.715. The van der Waals surface area contributed by atoms with Crippen LogP contribution in [-0.4, -0.2) is 20.1 Å². The number of nitriles is 1. The minimum absolute atomic E-state index is 0.382. The molecule has 2 rings (SSSR count). The van der Waals surface area contributed by atoms with E-state index in [1.165, 1.54) is 0 Å². The SMILES string of the molecule is N#CCCCc1nc(-c2ncccn2)no1. The van der Waals surface area contributed by atoms with Crippen LogP contribution in [0.15, 0.2) is 23.0 Å². The average molecular weight is 215 g/mol. The van der Waals surface area contributed by atoms with Crippen molar-refractivity contribution in [2.24, 2.45) is 0 Å². The Bertz CT molecular complexity index is 487. The van der Waals surface area contributed by atoms with E-state index in [9.17, 15) is 0 Å². The first kappa shape index (κ1) is 10.2. The highest BCUT2D eigenvalue weighted by molar-refractivity contribution is 5.40. The molecule has 16 heavy (non-hydrogen) atoms. The molecule has 0 aliphatic rings. The minimum Gasteiger partial charge on any atom is -0.339 e. The Hall–Kier alpha value is -2.29. The summed E-state index contributed by atoms with van der Waals surface area (Å²) < 4.78 is 5.02. The molecule has 0 bridgehead atoms. The van der Waals surface area contributed by atoms with Crippen molar-refractivity contribution in [3.05, 3.63) is 24.4 Å². The first-order valence-electron chi connectivity index (χ1n) is 4.87. The van der Waals surface area contributed by atoms with Gasteiger partial charge in [0.2, 0.25) is 17.5 Å². The molecular weight excluding hydrogens is 206 g/mol. The highest BCUT2D eigenvalue weighted by Gasteiger charge is 2.09. The summed E-state index contributed by atoms with van der Waals surface area (Å²) in [5.74, 6) is 1.34. The number of hydrogen-bond acceptors (Lipinski definition) is 6. The van der Waals surface area contributed by atoms with Crippen molar-refractivity contribution in [1.29, 1.82) is 5.26 Å². The van der Waals surface area contributed by atoms with Crippen molar-refractivity contribution in [2.45, 2.75) is 19.3 Å². The van der Waals surface area contributed by atoms with Crippen molar-refractivity contribution in [1.82, 2.24) is 20.1 Å². The second-order valence-electron chi connectivity index (χ2n) is 3.10. The Labute approximate surface area is 92.0 Å². The van der Waals surface area contributed by atoms with Gasteiger partial charge in [0.15, 0.2) is 0 Å². The highest BCUT2D eigenvalue weighted by Crippen LogP contribution is 2.10. The third kappa shape index (κ3) is 2.39. The maximum absolute atomic E-state index is 8.39. The first-order chi connectivity index (χ1) is 7.90. The van der Waals surface area contributed by atoms with E-state index in [1.807, 2.05) is 0 Å². The van der Waals surface area contributed by atoms with Gasteiger partial charge in [-0.1, -0.05) is 5.16 Å². The normalized spacial score (nSPS) is 9.94. The lowest BCUT2D eigenvalue weighted by molar-refractivity contribution is 0.376. The molecule has 2 heterocycles. The van der Waals surface area contributed by atoms with Crippen molar-refractivity contribution in [2.75, 3.05) is 0 Å². The van der Waals surface area contributed by atoms with Gasteiger partial charge in [0, 0.05) is 25.2 Å². The lowest BCUT2D eigenvalue weighted by Crippen LogP contribution is -1.89. The van der Waals surface area contributed by atoms with E-state index < -0.39 is 0 Å². The molecule has 2 aromatic rings. The van der Waals surface area contributed by atoms with Gasteiger partial charge in [-0.05, 0) is 12.5 Å². The fraction of sp³-hybridized carbons (Fsp3) is 0.300. The fourth-order valence-electron chi connectivity index (χ4n) is 1.18. The number of aryl methyl sites for hydroxylation is 1. The molecule has 80 valence electrons. The predicted octanol–water partition coefficient (Wildman–Crippen LogP) is 1.37. The molecule has 0 atom stereocenters. The van der Waals surface area contributed by atoms with E-state index in [0.717, 1.165) is 0 Å². The smallest absolute Gasteiger partial charge is 0.240 e. The Morgan fingerprint density at radius 3 is 2.81 bits per heavy atom. The van der Waals surface area contributed by atoms with Crippen LogP contribution in [0.1, 0.15) is 18.7 Å². The molecule has 0 saturated carbocycles. The van der Waals surface area contributed by atoms with Crippen LogP contribution in [0.2, 0.25) is 0 Å². The molecule has 0 amide bonds. The van der Waals surface area contributed by atoms with E-state index in [2.05, 4.69) is 26.2 Å². The van der Waals surface area contributed by atoms with Crippen molar-refractivity contribution in [3.8, 4) is 17.7 Å². The number of hydrogen-bond donors (Lipinski definition) is 0. The van der Waals surface area contributed by atoms with E-state index >= 15 is 0 Å². The second kappa shape index (κ2) is 4.98. The standard InChI is InChI=1S/C10H9N5O/c11-5-2-1-4-8-14-10(15-16-8)9-12-6-3-7-13-9/h3,6-7H,1-2,4H2. The van der Waals surface area contributed by atoms with Crippen molar-refractivity contribution >= 4 is 0 Å². The molecule has 0 spiro atoms. The van der Waals surface area contributed by atoms with Crippen LogP contribution in [0.5, 0.6) is 0 Å². The molecule has 0 aliphatic heterocycles. The highest BCUT2D eigenvalue weighted by atomic mass is 16.5. The Kier molecular flexibility index (Phi) is 3.18. The van der Waals surface area contributed by atoms with Crippen LogP contribution >= 0.6 is 0 Å². The van der Waals surface area contributed by atoms with Crippen LogP contribution in [0, 0.1) is 11.3 Å². The van der Waals surface area contributed by atoms with Gasteiger partial charge in [-0.25, -0.2) is 9.97 Å². The molecule has 6 nitrogen and oxygen atoms in total. The molecule has 2 aromatic heterocycles. The summed E-state index contributed by atoms with van der Waals surface area (Å²) in [6, 6.07) is 3.78. The third-order valence-electron chi connectivity index (χ3n) is 1.91. The second-order valence-corrected chi connectivity index (χ2v) is 3.10. The maximum atomic E-state index is 8.39. The Morgan fingerprint density at radius 1 is 1.25 bits per heavy atom. The van der Waals surface area contributed by atoms with E-state index in [0.29, 0.717) is 36.8 Å². The first-order valence-corrected chi connectivity index (χ1v) is 4.87. The topological polar surface area (TPSA) is 88.5 Å². The predicted molar refractivity (Wildman–Crippen MR) is 53.9 cm³/mol. The molecule has 0 aromatic carbocycles. The molecule has 0 aliphatic carbocycles. The Morgan fingerprint density at radius 2 is 2.06 bits per heavy atom.